The van der Waals surface area contributed by atoms with Crippen LogP contribution in [0.4, 0.5) is 5.82 Å². The minimum Gasteiger partial charge on any atom is -0.354 e. The van der Waals surface area contributed by atoms with Gasteiger partial charge in [-0.25, -0.2) is 0 Å². The number of rotatable bonds is 1. The summed E-state index contributed by atoms with van der Waals surface area (Å²) in [6.45, 7) is 4.56. The molecule has 2 heterocycles. The fraction of sp³-hybridized carbons (Fsp3) is 0.778. The van der Waals surface area contributed by atoms with E-state index in [0.717, 1.165) is 24.8 Å². The van der Waals surface area contributed by atoms with E-state index in [-0.39, 0.29) is 0 Å². The van der Waals surface area contributed by atoms with Crippen LogP contribution >= 0.6 is 0 Å². The molecule has 0 radical (unpaired) electrons. The number of anilines is 1. The molecule has 0 N–H and O–H groups in total. The Labute approximate surface area is 78.5 Å². The SMILES string of the molecule is CC1CCN(c2cn(C)nn2)CC1. The maximum absolute atomic E-state index is 4.10. The molecular formula is C9H16N4. The maximum atomic E-state index is 4.10. The van der Waals surface area contributed by atoms with E-state index in [2.05, 4.69) is 22.1 Å². The third kappa shape index (κ3) is 1.82. The molecule has 1 aromatic heterocycles. The highest BCUT2D eigenvalue weighted by Crippen LogP contribution is 2.20. The Morgan fingerprint density at radius 3 is 2.62 bits per heavy atom. The van der Waals surface area contributed by atoms with Crippen molar-refractivity contribution < 1.29 is 0 Å². The van der Waals surface area contributed by atoms with Gasteiger partial charge in [-0.3, -0.25) is 4.68 Å². The fourth-order valence-corrected chi connectivity index (χ4v) is 1.72. The highest BCUT2D eigenvalue weighted by molar-refractivity contribution is 5.34. The second kappa shape index (κ2) is 3.36. The van der Waals surface area contributed by atoms with Gasteiger partial charge in [0.15, 0.2) is 5.82 Å². The van der Waals surface area contributed by atoms with Gasteiger partial charge in [-0.15, -0.1) is 5.10 Å². The number of aromatic nitrogens is 3. The lowest BCUT2D eigenvalue weighted by atomic mass is 9.99. The summed E-state index contributed by atoms with van der Waals surface area (Å²) in [5.74, 6) is 1.89. The second-order valence-electron chi connectivity index (χ2n) is 3.92. The Kier molecular flexibility index (Phi) is 2.20. The molecule has 0 aliphatic carbocycles. The van der Waals surface area contributed by atoms with Crippen molar-refractivity contribution in [3.63, 3.8) is 0 Å². The van der Waals surface area contributed by atoms with Gasteiger partial charge in [-0.1, -0.05) is 12.1 Å². The minimum atomic E-state index is 0.868. The molecule has 13 heavy (non-hydrogen) atoms. The monoisotopic (exact) mass is 180 g/mol. The van der Waals surface area contributed by atoms with E-state index in [4.69, 9.17) is 0 Å². The van der Waals surface area contributed by atoms with Crippen LogP contribution in [0, 0.1) is 5.92 Å². The van der Waals surface area contributed by atoms with Crippen molar-refractivity contribution in [2.75, 3.05) is 18.0 Å². The van der Waals surface area contributed by atoms with E-state index >= 15 is 0 Å². The van der Waals surface area contributed by atoms with Crippen molar-refractivity contribution in [1.29, 1.82) is 0 Å². The molecule has 0 saturated carbocycles. The first kappa shape index (κ1) is 8.53. The molecule has 1 aromatic rings. The molecule has 0 bridgehead atoms. The molecule has 2 rings (SSSR count). The van der Waals surface area contributed by atoms with Gasteiger partial charge in [-0.05, 0) is 18.8 Å². The summed E-state index contributed by atoms with van der Waals surface area (Å²) >= 11 is 0. The standard InChI is InChI=1S/C9H16N4/c1-8-3-5-13(6-4-8)9-7-12(2)11-10-9/h7-8H,3-6H2,1-2H3. The number of hydrogen-bond donors (Lipinski definition) is 0. The summed E-state index contributed by atoms with van der Waals surface area (Å²) in [5.41, 5.74) is 0. The number of aryl methyl sites for hydroxylation is 1. The highest BCUT2D eigenvalue weighted by Gasteiger charge is 2.17. The van der Waals surface area contributed by atoms with Gasteiger partial charge in [-0.2, -0.15) is 0 Å². The van der Waals surface area contributed by atoms with Crippen LogP contribution in [0.1, 0.15) is 19.8 Å². The van der Waals surface area contributed by atoms with Crippen LogP contribution in [0.25, 0.3) is 0 Å². The maximum Gasteiger partial charge on any atom is 0.171 e. The van der Waals surface area contributed by atoms with Gasteiger partial charge in [0.2, 0.25) is 0 Å². The zero-order chi connectivity index (χ0) is 9.26. The highest BCUT2D eigenvalue weighted by atomic mass is 15.4. The minimum absolute atomic E-state index is 0.868. The zero-order valence-electron chi connectivity index (χ0n) is 8.27. The average Bonchev–Trinajstić information content (AvgIpc) is 2.53. The summed E-state index contributed by atoms with van der Waals surface area (Å²) in [6, 6.07) is 0. The Bertz CT molecular complexity index is 273. The van der Waals surface area contributed by atoms with E-state index < -0.39 is 0 Å². The first-order chi connectivity index (χ1) is 6.25. The third-order valence-corrected chi connectivity index (χ3v) is 2.70. The van der Waals surface area contributed by atoms with E-state index in [1.807, 2.05) is 13.2 Å². The van der Waals surface area contributed by atoms with Crippen molar-refractivity contribution in [2.45, 2.75) is 19.8 Å². The fourth-order valence-electron chi connectivity index (χ4n) is 1.72. The first-order valence-corrected chi connectivity index (χ1v) is 4.87. The normalized spacial score (nSPS) is 19.4. The van der Waals surface area contributed by atoms with Gasteiger partial charge in [0, 0.05) is 20.1 Å². The number of nitrogens with zero attached hydrogens (tertiary/aromatic N) is 4. The molecule has 0 aromatic carbocycles. The molecule has 1 aliphatic rings. The summed E-state index contributed by atoms with van der Waals surface area (Å²) in [6.07, 6.45) is 4.53. The quantitative estimate of drug-likeness (QED) is 0.648. The second-order valence-corrected chi connectivity index (χ2v) is 3.92. The zero-order valence-corrected chi connectivity index (χ0v) is 8.27. The van der Waals surface area contributed by atoms with Gasteiger partial charge in [0.05, 0.1) is 6.20 Å². The van der Waals surface area contributed by atoms with Crippen LogP contribution in [-0.2, 0) is 7.05 Å². The van der Waals surface area contributed by atoms with Gasteiger partial charge < -0.3 is 4.90 Å². The van der Waals surface area contributed by atoms with E-state index in [1.54, 1.807) is 4.68 Å². The van der Waals surface area contributed by atoms with Crippen LogP contribution in [0.5, 0.6) is 0 Å². The lowest BCUT2D eigenvalue weighted by molar-refractivity contribution is 0.436. The van der Waals surface area contributed by atoms with E-state index in [0.29, 0.717) is 0 Å². The van der Waals surface area contributed by atoms with Crippen LogP contribution in [0.2, 0.25) is 0 Å². The Hall–Kier alpha value is -1.06. The molecular weight excluding hydrogens is 164 g/mol. The van der Waals surface area contributed by atoms with Gasteiger partial charge in [0.1, 0.15) is 0 Å². The van der Waals surface area contributed by atoms with Crippen molar-refractivity contribution in [3.8, 4) is 0 Å². The number of hydrogen-bond acceptors (Lipinski definition) is 3. The van der Waals surface area contributed by atoms with E-state index in [1.165, 1.54) is 12.8 Å². The molecule has 4 nitrogen and oxygen atoms in total. The van der Waals surface area contributed by atoms with Crippen molar-refractivity contribution in [2.24, 2.45) is 13.0 Å². The predicted octanol–water partition coefficient (Wildman–Crippen LogP) is 1.05. The summed E-state index contributed by atoms with van der Waals surface area (Å²) in [5, 5.41) is 8.04. The number of piperidine rings is 1. The summed E-state index contributed by atoms with van der Waals surface area (Å²) in [7, 11) is 1.91. The molecule has 0 amide bonds. The van der Waals surface area contributed by atoms with Crippen LogP contribution in [-0.4, -0.2) is 28.1 Å². The summed E-state index contributed by atoms with van der Waals surface area (Å²) in [4.78, 5) is 2.31. The molecule has 1 aliphatic heterocycles. The molecule has 0 unspecified atom stereocenters. The van der Waals surface area contributed by atoms with Crippen molar-refractivity contribution in [3.05, 3.63) is 6.20 Å². The lowest BCUT2D eigenvalue weighted by Crippen LogP contribution is -2.32. The smallest absolute Gasteiger partial charge is 0.171 e. The largest absolute Gasteiger partial charge is 0.354 e. The predicted molar refractivity (Wildman–Crippen MR) is 51.6 cm³/mol. The lowest BCUT2D eigenvalue weighted by Gasteiger charge is -2.29. The Morgan fingerprint density at radius 2 is 2.08 bits per heavy atom. The molecule has 1 saturated heterocycles. The van der Waals surface area contributed by atoms with Crippen LogP contribution < -0.4 is 4.90 Å². The van der Waals surface area contributed by atoms with Crippen molar-refractivity contribution >= 4 is 5.82 Å². The van der Waals surface area contributed by atoms with Gasteiger partial charge in [0.25, 0.3) is 0 Å². The Balaban J connectivity index is 2.02. The first-order valence-electron chi connectivity index (χ1n) is 4.87. The van der Waals surface area contributed by atoms with Crippen LogP contribution in [0.15, 0.2) is 6.20 Å². The van der Waals surface area contributed by atoms with Gasteiger partial charge >= 0.3 is 0 Å². The Morgan fingerprint density at radius 1 is 1.38 bits per heavy atom. The third-order valence-electron chi connectivity index (χ3n) is 2.70. The van der Waals surface area contributed by atoms with Crippen LogP contribution in [0.3, 0.4) is 0 Å². The topological polar surface area (TPSA) is 34.0 Å². The molecule has 0 spiro atoms. The van der Waals surface area contributed by atoms with E-state index in [9.17, 15) is 0 Å². The molecule has 4 heteroatoms. The van der Waals surface area contributed by atoms with Crippen molar-refractivity contribution in [1.82, 2.24) is 15.0 Å². The molecule has 1 fully saturated rings. The summed E-state index contributed by atoms with van der Waals surface area (Å²) < 4.78 is 1.76. The average molecular weight is 180 g/mol. The molecule has 72 valence electrons. The molecule has 0 atom stereocenters.